The van der Waals surface area contributed by atoms with Gasteiger partial charge in [0.1, 0.15) is 6.04 Å². The van der Waals surface area contributed by atoms with Crippen LogP contribution < -0.4 is 10.6 Å². The number of aryl methyl sites for hydroxylation is 1. The number of nitrogens with one attached hydrogen (secondary N) is 2. The van der Waals surface area contributed by atoms with Gasteiger partial charge in [0.2, 0.25) is 21.8 Å². The van der Waals surface area contributed by atoms with Gasteiger partial charge in [-0.25, -0.2) is 8.42 Å². The highest BCUT2D eigenvalue weighted by atomic mass is 32.2. The lowest BCUT2D eigenvalue weighted by atomic mass is 9.95. The quantitative estimate of drug-likeness (QED) is 0.571. The minimum atomic E-state index is -3.57. The smallest absolute Gasteiger partial charge is 0.243 e. The lowest BCUT2D eigenvalue weighted by Crippen LogP contribution is -2.52. The lowest BCUT2D eigenvalue weighted by Gasteiger charge is -2.32. The number of benzene rings is 2. The molecule has 2 aromatic carbocycles. The maximum absolute atomic E-state index is 12.9. The molecule has 34 heavy (non-hydrogen) atoms. The Morgan fingerprint density at radius 2 is 1.62 bits per heavy atom. The first-order valence-electron chi connectivity index (χ1n) is 11.9. The number of nitrogens with zero attached hydrogens (tertiary/aromatic N) is 1. The van der Waals surface area contributed by atoms with Crippen LogP contribution in [-0.4, -0.2) is 50.2 Å². The summed E-state index contributed by atoms with van der Waals surface area (Å²) in [5, 5.41) is 5.84. The van der Waals surface area contributed by atoms with Crippen molar-refractivity contribution in [1.82, 2.24) is 14.9 Å². The van der Waals surface area contributed by atoms with Gasteiger partial charge in [-0.3, -0.25) is 9.59 Å². The molecule has 1 atom stereocenters. The van der Waals surface area contributed by atoms with Crippen LogP contribution in [0.2, 0.25) is 0 Å². The summed E-state index contributed by atoms with van der Waals surface area (Å²) in [4.78, 5) is 25.9. The molecule has 2 amide bonds. The van der Waals surface area contributed by atoms with Crippen LogP contribution >= 0.6 is 0 Å². The number of piperidine rings is 1. The van der Waals surface area contributed by atoms with Gasteiger partial charge in [-0.15, -0.1) is 0 Å². The number of rotatable bonds is 9. The molecule has 0 unspecified atom stereocenters. The van der Waals surface area contributed by atoms with E-state index in [0.29, 0.717) is 19.4 Å². The van der Waals surface area contributed by atoms with E-state index in [2.05, 4.69) is 10.6 Å². The normalized spacial score (nSPS) is 16.2. The summed E-state index contributed by atoms with van der Waals surface area (Å²) in [6.07, 6.45) is 1.58. The summed E-state index contributed by atoms with van der Waals surface area (Å²) in [5.74, 6) is -0.770. The van der Waals surface area contributed by atoms with Crippen LogP contribution in [0.1, 0.15) is 37.8 Å². The highest BCUT2D eigenvalue weighted by Crippen LogP contribution is 2.24. The number of amides is 2. The molecular formula is C26H35N3O4S. The van der Waals surface area contributed by atoms with Crippen LogP contribution in [0.15, 0.2) is 59.5 Å². The number of carbonyl (C=O) groups excluding carboxylic acids is 2. The summed E-state index contributed by atoms with van der Waals surface area (Å²) < 4.78 is 27.3. The molecule has 2 aromatic rings. The van der Waals surface area contributed by atoms with Crippen molar-refractivity contribution < 1.29 is 18.0 Å². The highest BCUT2D eigenvalue weighted by Gasteiger charge is 2.34. The summed E-state index contributed by atoms with van der Waals surface area (Å²) in [6, 6.07) is 16.1. The number of carbonyl (C=O) groups is 2. The fourth-order valence-corrected chi connectivity index (χ4v) is 5.58. The van der Waals surface area contributed by atoms with Crippen molar-refractivity contribution in [3.63, 3.8) is 0 Å². The van der Waals surface area contributed by atoms with Crippen LogP contribution in [-0.2, 0) is 26.0 Å². The Kier molecular flexibility index (Phi) is 8.85. The average Bonchev–Trinajstić information content (AvgIpc) is 2.83. The summed E-state index contributed by atoms with van der Waals surface area (Å²) in [5.41, 5.74) is 2.14. The van der Waals surface area contributed by atoms with Gasteiger partial charge in [0.05, 0.1) is 4.90 Å². The molecule has 0 bridgehead atoms. The van der Waals surface area contributed by atoms with Crippen molar-refractivity contribution in [2.45, 2.75) is 51.0 Å². The molecule has 1 aliphatic rings. The van der Waals surface area contributed by atoms with Gasteiger partial charge in [0.15, 0.2) is 0 Å². The largest absolute Gasteiger partial charge is 0.354 e. The second-order valence-corrected chi connectivity index (χ2v) is 11.2. The van der Waals surface area contributed by atoms with Crippen LogP contribution in [0.25, 0.3) is 0 Å². The molecular weight excluding hydrogens is 450 g/mol. The zero-order valence-corrected chi connectivity index (χ0v) is 21.0. The van der Waals surface area contributed by atoms with Crippen molar-refractivity contribution >= 4 is 21.8 Å². The predicted octanol–water partition coefficient (Wildman–Crippen LogP) is 2.90. The molecule has 0 aliphatic carbocycles. The van der Waals surface area contributed by atoms with Gasteiger partial charge in [0, 0.05) is 25.6 Å². The van der Waals surface area contributed by atoms with Gasteiger partial charge in [0.25, 0.3) is 0 Å². The first-order chi connectivity index (χ1) is 16.2. The van der Waals surface area contributed by atoms with E-state index in [1.165, 1.54) is 4.31 Å². The number of hydrogen-bond acceptors (Lipinski definition) is 4. The summed E-state index contributed by atoms with van der Waals surface area (Å²) in [6.45, 7) is 6.77. The van der Waals surface area contributed by atoms with Gasteiger partial charge >= 0.3 is 0 Å². The first kappa shape index (κ1) is 25.9. The monoisotopic (exact) mass is 485 g/mol. The molecule has 1 fully saturated rings. The van der Waals surface area contributed by atoms with E-state index >= 15 is 0 Å². The van der Waals surface area contributed by atoms with E-state index in [9.17, 15) is 18.0 Å². The molecule has 1 heterocycles. The van der Waals surface area contributed by atoms with Gasteiger partial charge in [-0.05, 0) is 49.8 Å². The Hall–Kier alpha value is -2.71. The van der Waals surface area contributed by atoms with Crippen LogP contribution in [0.5, 0.6) is 0 Å². The molecule has 1 saturated heterocycles. The maximum Gasteiger partial charge on any atom is 0.243 e. The van der Waals surface area contributed by atoms with E-state index in [1.807, 2.05) is 51.1 Å². The Morgan fingerprint density at radius 3 is 2.21 bits per heavy atom. The molecule has 0 radical (unpaired) electrons. The minimum absolute atomic E-state index is 0.0670. The van der Waals surface area contributed by atoms with E-state index in [1.54, 1.807) is 24.3 Å². The molecule has 184 valence electrons. The van der Waals surface area contributed by atoms with Gasteiger partial charge in [-0.2, -0.15) is 4.31 Å². The van der Waals surface area contributed by atoms with Crippen LogP contribution in [0.3, 0.4) is 0 Å². The van der Waals surface area contributed by atoms with Crippen LogP contribution in [0.4, 0.5) is 0 Å². The fraction of sp³-hybridized carbons (Fsp3) is 0.462. The maximum atomic E-state index is 12.9. The Bertz CT molecular complexity index is 1060. The standard InChI is InChI=1S/C26H35N3O4S/c1-19(2)24(26(31)27-16-13-21-7-5-4-6-8-21)28-25(30)22-14-17-29(18-15-22)34(32,33)23-11-9-20(3)10-12-23/h4-12,19,22,24H,13-18H2,1-3H3,(H,27,31)(H,28,30)/t24-/m1/s1. The Morgan fingerprint density at radius 1 is 1.00 bits per heavy atom. The highest BCUT2D eigenvalue weighted by molar-refractivity contribution is 7.89. The molecule has 0 spiro atoms. The second kappa shape index (κ2) is 11.6. The number of sulfonamides is 1. The predicted molar refractivity (Wildman–Crippen MR) is 133 cm³/mol. The molecule has 0 saturated carbocycles. The van der Waals surface area contributed by atoms with E-state index in [-0.39, 0.29) is 41.6 Å². The minimum Gasteiger partial charge on any atom is -0.354 e. The Labute approximate surface area is 203 Å². The molecule has 3 rings (SSSR count). The van der Waals surface area contributed by atoms with E-state index in [4.69, 9.17) is 0 Å². The molecule has 7 nitrogen and oxygen atoms in total. The van der Waals surface area contributed by atoms with Crippen molar-refractivity contribution in [2.24, 2.45) is 11.8 Å². The lowest BCUT2D eigenvalue weighted by molar-refractivity contribution is -0.132. The zero-order chi connectivity index (χ0) is 24.7. The molecule has 1 aliphatic heterocycles. The zero-order valence-electron chi connectivity index (χ0n) is 20.2. The summed E-state index contributed by atoms with van der Waals surface area (Å²) in [7, 11) is -3.57. The average molecular weight is 486 g/mol. The topological polar surface area (TPSA) is 95.6 Å². The second-order valence-electron chi connectivity index (χ2n) is 9.25. The molecule has 2 N–H and O–H groups in total. The van der Waals surface area contributed by atoms with Crippen molar-refractivity contribution in [1.29, 1.82) is 0 Å². The van der Waals surface area contributed by atoms with Crippen molar-refractivity contribution in [3.05, 3.63) is 65.7 Å². The number of hydrogen-bond donors (Lipinski definition) is 2. The van der Waals surface area contributed by atoms with Gasteiger partial charge in [-0.1, -0.05) is 61.9 Å². The molecule has 0 aromatic heterocycles. The third-order valence-electron chi connectivity index (χ3n) is 6.29. The fourth-order valence-electron chi connectivity index (χ4n) is 4.11. The first-order valence-corrected chi connectivity index (χ1v) is 13.3. The van der Waals surface area contributed by atoms with Gasteiger partial charge < -0.3 is 10.6 Å². The van der Waals surface area contributed by atoms with Crippen molar-refractivity contribution in [2.75, 3.05) is 19.6 Å². The Balaban J connectivity index is 1.51. The SMILES string of the molecule is Cc1ccc(S(=O)(=O)N2CCC(C(=O)N[C@@H](C(=O)NCCc3ccccc3)C(C)C)CC2)cc1. The van der Waals surface area contributed by atoms with Crippen LogP contribution in [0, 0.1) is 18.8 Å². The van der Waals surface area contributed by atoms with E-state index in [0.717, 1.165) is 17.5 Å². The van der Waals surface area contributed by atoms with E-state index < -0.39 is 16.1 Å². The third kappa shape index (κ3) is 6.67. The summed E-state index contributed by atoms with van der Waals surface area (Å²) >= 11 is 0. The third-order valence-corrected chi connectivity index (χ3v) is 8.20. The van der Waals surface area contributed by atoms with Crippen molar-refractivity contribution in [3.8, 4) is 0 Å². The molecule has 8 heteroatoms.